The quantitative estimate of drug-likeness (QED) is 0.457. The predicted molar refractivity (Wildman–Crippen MR) is 94.3 cm³/mol. The summed E-state index contributed by atoms with van der Waals surface area (Å²) in [5, 5.41) is 0. The summed E-state index contributed by atoms with van der Waals surface area (Å²) in [6.07, 6.45) is 21.0. The predicted octanol–water partition coefficient (Wildman–Crippen LogP) is 5.18. The summed E-state index contributed by atoms with van der Waals surface area (Å²) in [6, 6.07) is 0. The number of hydrogen-bond donors (Lipinski definition) is 0. The van der Waals surface area contributed by atoms with E-state index in [1.165, 1.54) is 76.5 Å². The molecule has 122 valence electrons. The number of allylic oxidation sites excluding steroid dienone is 1. The third-order valence-electron chi connectivity index (χ3n) is 4.31. The topological polar surface area (TPSA) is 6.48 Å². The number of hydrogen-bond acceptors (Lipinski definition) is 2. The first kappa shape index (κ1) is 18.1. The lowest BCUT2D eigenvalue weighted by Crippen LogP contribution is -2.24. The Morgan fingerprint density at radius 3 is 1.95 bits per heavy atom. The number of likely N-dealkylation sites (N-methyl/N-ethyl adjacent to an activating group) is 1. The minimum atomic E-state index is 1.07. The van der Waals surface area contributed by atoms with Crippen molar-refractivity contribution in [1.29, 1.82) is 0 Å². The smallest absolute Gasteiger partial charge is 0.0376 e. The van der Waals surface area contributed by atoms with Gasteiger partial charge in [-0.25, -0.2) is 0 Å². The Morgan fingerprint density at radius 2 is 1.48 bits per heavy atom. The van der Waals surface area contributed by atoms with Crippen molar-refractivity contribution >= 4 is 0 Å². The van der Waals surface area contributed by atoms with E-state index >= 15 is 0 Å². The molecule has 0 aromatic carbocycles. The van der Waals surface area contributed by atoms with Gasteiger partial charge in [-0.05, 0) is 18.6 Å². The third kappa shape index (κ3) is 8.85. The van der Waals surface area contributed by atoms with Gasteiger partial charge >= 0.3 is 0 Å². The highest BCUT2D eigenvalue weighted by Gasteiger charge is 2.05. The summed E-state index contributed by atoms with van der Waals surface area (Å²) in [4.78, 5) is 4.60. The second-order valence-corrected chi connectivity index (χ2v) is 6.52. The van der Waals surface area contributed by atoms with Crippen molar-refractivity contribution in [1.82, 2.24) is 9.80 Å². The molecule has 0 radical (unpaired) electrons. The van der Waals surface area contributed by atoms with Gasteiger partial charge in [0.1, 0.15) is 0 Å². The molecule has 0 unspecified atom stereocenters. The van der Waals surface area contributed by atoms with Gasteiger partial charge in [-0.1, -0.05) is 64.7 Å². The Hall–Kier alpha value is -0.920. The highest BCUT2D eigenvalue weighted by Crippen LogP contribution is 2.12. The Morgan fingerprint density at radius 1 is 0.905 bits per heavy atom. The van der Waals surface area contributed by atoms with Gasteiger partial charge < -0.3 is 9.80 Å². The fourth-order valence-corrected chi connectivity index (χ4v) is 2.82. The molecule has 0 fully saturated rings. The zero-order valence-electron chi connectivity index (χ0n) is 14.6. The molecule has 2 nitrogen and oxygen atoms in total. The van der Waals surface area contributed by atoms with Crippen LogP contribution in [0.25, 0.3) is 0 Å². The second kappa shape index (κ2) is 11.7. The van der Waals surface area contributed by atoms with Crippen LogP contribution in [0.5, 0.6) is 0 Å². The molecule has 0 saturated carbocycles. The van der Waals surface area contributed by atoms with Crippen molar-refractivity contribution in [2.75, 3.05) is 27.2 Å². The van der Waals surface area contributed by atoms with Crippen LogP contribution in [0.2, 0.25) is 0 Å². The average Bonchev–Trinajstić information content (AvgIpc) is 2.49. The van der Waals surface area contributed by atoms with Gasteiger partial charge in [0.25, 0.3) is 0 Å². The van der Waals surface area contributed by atoms with Gasteiger partial charge in [-0.3, -0.25) is 0 Å². The standard InChI is InChI=1S/C19H36N2/c1-4-5-6-7-8-9-10-11-12-13-16-21-17-14-19(15-18-21)20(2)3/h14-15,17H,4-13,16,18H2,1-3H3. The van der Waals surface area contributed by atoms with E-state index in [9.17, 15) is 0 Å². The maximum absolute atomic E-state index is 2.43. The third-order valence-corrected chi connectivity index (χ3v) is 4.31. The maximum atomic E-state index is 2.43. The van der Waals surface area contributed by atoms with Crippen molar-refractivity contribution in [3.63, 3.8) is 0 Å². The molecular formula is C19H36N2. The lowest BCUT2D eigenvalue weighted by molar-refractivity contribution is 0.382. The summed E-state index contributed by atoms with van der Waals surface area (Å²) >= 11 is 0. The maximum Gasteiger partial charge on any atom is 0.0376 e. The lowest BCUT2D eigenvalue weighted by Gasteiger charge is -2.25. The van der Waals surface area contributed by atoms with Crippen LogP contribution in [0, 0.1) is 0 Å². The van der Waals surface area contributed by atoms with Crippen LogP contribution in [0.3, 0.4) is 0 Å². The van der Waals surface area contributed by atoms with Crippen molar-refractivity contribution in [2.24, 2.45) is 0 Å². The van der Waals surface area contributed by atoms with E-state index in [1.54, 1.807) is 0 Å². The minimum absolute atomic E-state index is 1.07. The highest BCUT2D eigenvalue weighted by molar-refractivity contribution is 5.20. The minimum Gasteiger partial charge on any atom is -0.378 e. The zero-order valence-corrected chi connectivity index (χ0v) is 14.6. The molecule has 0 atom stereocenters. The number of unbranched alkanes of at least 4 members (excludes halogenated alkanes) is 9. The largest absolute Gasteiger partial charge is 0.378 e. The zero-order chi connectivity index (χ0) is 15.3. The van der Waals surface area contributed by atoms with Crippen molar-refractivity contribution in [3.8, 4) is 0 Å². The molecule has 1 aliphatic rings. The normalized spacial score (nSPS) is 14.4. The van der Waals surface area contributed by atoms with Gasteiger partial charge in [-0.2, -0.15) is 0 Å². The molecule has 0 aromatic heterocycles. The van der Waals surface area contributed by atoms with Crippen molar-refractivity contribution in [3.05, 3.63) is 24.0 Å². The molecule has 0 N–H and O–H groups in total. The molecule has 0 bridgehead atoms. The molecule has 1 rings (SSSR count). The fourth-order valence-electron chi connectivity index (χ4n) is 2.82. The van der Waals surface area contributed by atoms with Gasteiger partial charge in [0.05, 0.1) is 0 Å². The molecule has 0 amide bonds. The number of rotatable bonds is 12. The lowest BCUT2D eigenvalue weighted by atomic mass is 10.1. The monoisotopic (exact) mass is 292 g/mol. The summed E-state index contributed by atoms with van der Waals surface area (Å²) in [5.74, 6) is 0. The summed E-state index contributed by atoms with van der Waals surface area (Å²) in [6.45, 7) is 4.57. The SMILES string of the molecule is CCCCCCCCCCCCN1C=CC(N(C)C)=CC1. The first-order valence-corrected chi connectivity index (χ1v) is 9.03. The van der Waals surface area contributed by atoms with Crippen LogP contribution in [0.15, 0.2) is 24.0 Å². The Balaban J connectivity index is 1.89. The van der Waals surface area contributed by atoms with Crippen LogP contribution in [-0.4, -0.2) is 37.0 Å². The summed E-state index contributed by atoms with van der Waals surface area (Å²) < 4.78 is 0. The van der Waals surface area contributed by atoms with Crippen LogP contribution < -0.4 is 0 Å². The average molecular weight is 293 g/mol. The van der Waals surface area contributed by atoms with Gasteiger partial charge in [-0.15, -0.1) is 0 Å². The van der Waals surface area contributed by atoms with Crippen LogP contribution >= 0.6 is 0 Å². The van der Waals surface area contributed by atoms with Crippen LogP contribution in [0.1, 0.15) is 71.1 Å². The van der Waals surface area contributed by atoms with Crippen molar-refractivity contribution < 1.29 is 0 Å². The van der Waals surface area contributed by atoms with E-state index in [1.807, 2.05) is 0 Å². The van der Waals surface area contributed by atoms with E-state index in [2.05, 4.69) is 49.2 Å². The van der Waals surface area contributed by atoms with Gasteiger partial charge in [0.2, 0.25) is 0 Å². The first-order chi connectivity index (χ1) is 10.2. The molecule has 21 heavy (non-hydrogen) atoms. The van der Waals surface area contributed by atoms with E-state index in [4.69, 9.17) is 0 Å². The molecule has 0 saturated heterocycles. The van der Waals surface area contributed by atoms with Crippen LogP contribution in [0.4, 0.5) is 0 Å². The Kier molecular flexibility index (Phi) is 10.1. The molecule has 0 aliphatic carbocycles. The van der Waals surface area contributed by atoms with Gasteiger partial charge in [0.15, 0.2) is 0 Å². The molecule has 0 spiro atoms. The molecular weight excluding hydrogens is 256 g/mol. The molecule has 1 aliphatic heterocycles. The Bertz CT molecular complexity index is 305. The van der Waals surface area contributed by atoms with Crippen LogP contribution in [-0.2, 0) is 0 Å². The van der Waals surface area contributed by atoms with E-state index < -0.39 is 0 Å². The fraction of sp³-hybridized carbons (Fsp3) is 0.789. The molecule has 0 aromatic rings. The van der Waals surface area contributed by atoms with E-state index in [0.717, 1.165) is 6.54 Å². The second-order valence-electron chi connectivity index (χ2n) is 6.52. The van der Waals surface area contributed by atoms with Crippen molar-refractivity contribution in [2.45, 2.75) is 71.1 Å². The van der Waals surface area contributed by atoms with Gasteiger partial charge in [0, 0.05) is 39.1 Å². The molecule has 1 heterocycles. The van der Waals surface area contributed by atoms with E-state index in [0.29, 0.717) is 0 Å². The first-order valence-electron chi connectivity index (χ1n) is 9.03. The summed E-state index contributed by atoms with van der Waals surface area (Å²) in [7, 11) is 4.21. The van der Waals surface area contributed by atoms with E-state index in [-0.39, 0.29) is 0 Å². The Labute approximate surface area is 132 Å². The highest BCUT2D eigenvalue weighted by atomic mass is 15.1. The molecule has 2 heteroatoms. The number of nitrogens with zero attached hydrogens (tertiary/aromatic N) is 2. The summed E-state index contributed by atoms with van der Waals surface area (Å²) in [5.41, 5.74) is 1.33.